The van der Waals surface area contributed by atoms with Crippen molar-refractivity contribution < 1.29 is 14.7 Å². The largest absolute Gasteiger partial charge is 0.495 e. The highest BCUT2D eigenvalue weighted by Gasteiger charge is 2.13. The number of hydroxylamine groups is 2. The van der Waals surface area contributed by atoms with Gasteiger partial charge in [-0.25, -0.2) is 0 Å². The average molecular weight is 276 g/mol. The van der Waals surface area contributed by atoms with Gasteiger partial charge in [0.25, 0.3) is 0 Å². The molecule has 0 aliphatic rings. The molecule has 0 bridgehead atoms. The molecule has 0 aromatic heterocycles. The summed E-state index contributed by atoms with van der Waals surface area (Å²) in [5.74, 6) is 1.38. The molecule has 0 fully saturated rings. The summed E-state index contributed by atoms with van der Waals surface area (Å²) >= 11 is 3.39. The highest BCUT2D eigenvalue weighted by molar-refractivity contribution is 9.10. The van der Waals surface area contributed by atoms with Crippen LogP contribution in [0.4, 0.5) is 0 Å². The van der Waals surface area contributed by atoms with Gasteiger partial charge in [-0.1, -0.05) is 6.07 Å². The third kappa shape index (κ3) is 2.84. The summed E-state index contributed by atoms with van der Waals surface area (Å²) in [7, 11) is 4.76. The van der Waals surface area contributed by atoms with Crippen molar-refractivity contribution in [2.45, 2.75) is 6.54 Å². The van der Waals surface area contributed by atoms with Gasteiger partial charge in [0.05, 0.1) is 20.8 Å². The van der Waals surface area contributed by atoms with Crippen LogP contribution >= 0.6 is 15.9 Å². The molecule has 15 heavy (non-hydrogen) atoms. The van der Waals surface area contributed by atoms with Gasteiger partial charge in [-0.2, -0.15) is 5.06 Å². The van der Waals surface area contributed by atoms with Crippen molar-refractivity contribution >= 4 is 15.9 Å². The minimum Gasteiger partial charge on any atom is -0.495 e. The fraction of sp³-hybridized carbons (Fsp3) is 0.400. The summed E-state index contributed by atoms with van der Waals surface area (Å²) < 4.78 is 11.2. The number of benzene rings is 1. The molecule has 0 saturated heterocycles. The third-order valence-corrected chi connectivity index (χ3v) is 2.72. The summed E-state index contributed by atoms with van der Waals surface area (Å²) in [6.07, 6.45) is 0. The monoisotopic (exact) mass is 275 g/mol. The fourth-order valence-corrected chi connectivity index (χ4v) is 2.04. The van der Waals surface area contributed by atoms with E-state index in [9.17, 15) is 5.21 Å². The minimum atomic E-state index is 0.395. The zero-order valence-electron chi connectivity index (χ0n) is 8.95. The lowest BCUT2D eigenvalue weighted by Crippen LogP contribution is -2.12. The molecule has 0 heterocycles. The Balaban J connectivity index is 3.12. The van der Waals surface area contributed by atoms with Crippen molar-refractivity contribution in [3.05, 3.63) is 22.2 Å². The van der Waals surface area contributed by atoms with Gasteiger partial charge in [0.1, 0.15) is 16.0 Å². The van der Waals surface area contributed by atoms with E-state index in [4.69, 9.17) is 9.47 Å². The molecule has 84 valence electrons. The molecule has 0 aliphatic heterocycles. The van der Waals surface area contributed by atoms with Crippen molar-refractivity contribution in [1.82, 2.24) is 5.06 Å². The van der Waals surface area contributed by atoms with Crippen LogP contribution in [0, 0.1) is 0 Å². The molecule has 0 spiro atoms. The lowest BCUT2D eigenvalue weighted by atomic mass is 10.2. The fourth-order valence-electron chi connectivity index (χ4n) is 1.33. The standard InChI is InChI=1S/C10H14BrNO3/c1-12(13)6-7-4-5-8(14-2)9(11)10(7)15-3/h4-5,13H,6H2,1-3H3. The normalized spacial score (nSPS) is 10.5. The van der Waals surface area contributed by atoms with Crippen LogP contribution < -0.4 is 9.47 Å². The lowest BCUT2D eigenvalue weighted by molar-refractivity contribution is -0.0735. The van der Waals surface area contributed by atoms with E-state index in [0.29, 0.717) is 18.0 Å². The van der Waals surface area contributed by atoms with Gasteiger partial charge >= 0.3 is 0 Å². The predicted molar refractivity (Wildman–Crippen MR) is 60.5 cm³/mol. The van der Waals surface area contributed by atoms with Gasteiger partial charge in [-0.05, 0) is 22.0 Å². The molecule has 1 aromatic carbocycles. The van der Waals surface area contributed by atoms with Crippen LogP contribution in [0.25, 0.3) is 0 Å². The molecule has 0 aliphatic carbocycles. The molecule has 1 aromatic rings. The van der Waals surface area contributed by atoms with Crippen LogP contribution in [0.1, 0.15) is 5.56 Å². The zero-order valence-corrected chi connectivity index (χ0v) is 10.5. The first-order valence-corrected chi connectivity index (χ1v) is 5.18. The second kappa shape index (κ2) is 5.34. The smallest absolute Gasteiger partial charge is 0.141 e. The molecule has 0 atom stereocenters. The van der Waals surface area contributed by atoms with Crippen LogP contribution in [0.2, 0.25) is 0 Å². The molecule has 0 saturated carbocycles. The predicted octanol–water partition coefficient (Wildman–Crippen LogP) is 2.29. The highest BCUT2D eigenvalue weighted by atomic mass is 79.9. The van der Waals surface area contributed by atoms with Gasteiger partial charge < -0.3 is 14.7 Å². The van der Waals surface area contributed by atoms with Crippen molar-refractivity contribution in [3.63, 3.8) is 0 Å². The van der Waals surface area contributed by atoms with Crippen LogP contribution in [-0.2, 0) is 6.54 Å². The number of ether oxygens (including phenoxy) is 2. The minimum absolute atomic E-state index is 0.395. The van der Waals surface area contributed by atoms with Crippen molar-refractivity contribution in [1.29, 1.82) is 0 Å². The topological polar surface area (TPSA) is 41.9 Å². The molecule has 4 nitrogen and oxygen atoms in total. The maximum Gasteiger partial charge on any atom is 0.141 e. The Labute approximate surface area is 97.5 Å². The van der Waals surface area contributed by atoms with Gasteiger partial charge in [-0.15, -0.1) is 0 Å². The summed E-state index contributed by atoms with van der Waals surface area (Å²) in [5, 5.41) is 10.3. The molecule has 5 heteroatoms. The van der Waals surface area contributed by atoms with Gasteiger partial charge in [-0.3, -0.25) is 0 Å². The van der Waals surface area contributed by atoms with E-state index in [-0.39, 0.29) is 0 Å². The zero-order chi connectivity index (χ0) is 11.4. The Bertz CT molecular complexity index is 342. The van der Waals surface area contributed by atoms with Crippen LogP contribution in [0.15, 0.2) is 16.6 Å². The van der Waals surface area contributed by atoms with Crippen molar-refractivity contribution in [2.75, 3.05) is 21.3 Å². The summed E-state index contributed by atoms with van der Waals surface area (Å²) in [5.41, 5.74) is 0.884. The van der Waals surface area contributed by atoms with E-state index in [0.717, 1.165) is 15.1 Å². The van der Waals surface area contributed by atoms with E-state index in [1.54, 1.807) is 21.3 Å². The summed E-state index contributed by atoms with van der Waals surface area (Å²) in [6.45, 7) is 0.395. The first-order valence-electron chi connectivity index (χ1n) is 4.39. The molecule has 1 rings (SSSR count). The second-order valence-electron chi connectivity index (χ2n) is 3.09. The van der Waals surface area contributed by atoms with E-state index >= 15 is 0 Å². The van der Waals surface area contributed by atoms with E-state index in [1.807, 2.05) is 12.1 Å². The quantitative estimate of drug-likeness (QED) is 0.857. The number of halogens is 1. The average Bonchev–Trinajstić information content (AvgIpc) is 2.18. The highest BCUT2D eigenvalue weighted by Crippen LogP contribution is 2.37. The number of methoxy groups -OCH3 is 2. The van der Waals surface area contributed by atoms with E-state index in [2.05, 4.69) is 15.9 Å². The molecular formula is C10H14BrNO3. The first-order chi connectivity index (χ1) is 7.10. The second-order valence-corrected chi connectivity index (χ2v) is 3.88. The molecule has 1 N–H and O–H groups in total. The SMILES string of the molecule is COc1ccc(CN(C)O)c(OC)c1Br. The Morgan fingerprint density at radius 3 is 2.47 bits per heavy atom. The number of nitrogens with zero attached hydrogens (tertiary/aromatic N) is 1. The van der Waals surface area contributed by atoms with Gasteiger partial charge in [0.2, 0.25) is 0 Å². The summed E-state index contributed by atoms with van der Waals surface area (Å²) in [6, 6.07) is 3.68. The van der Waals surface area contributed by atoms with Gasteiger partial charge in [0.15, 0.2) is 0 Å². The molecule has 0 unspecified atom stereocenters. The molecular weight excluding hydrogens is 262 g/mol. The lowest BCUT2D eigenvalue weighted by Gasteiger charge is -2.15. The van der Waals surface area contributed by atoms with Crippen LogP contribution in [0.5, 0.6) is 11.5 Å². The van der Waals surface area contributed by atoms with Crippen LogP contribution in [-0.4, -0.2) is 31.5 Å². The maximum absolute atomic E-state index is 9.17. The van der Waals surface area contributed by atoms with Gasteiger partial charge in [0, 0.05) is 12.6 Å². The molecule has 0 amide bonds. The van der Waals surface area contributed by atoms with E-state index in [1.165, 1.54) is 0 Å². The number of hydrogen-bond donors (Lipinski definition) is 1. The summed E-state index contributed by atoms with van der Waals surface area (Å²) in [4.78, 5) is 0. The van der Waals surface area contributed by atoms with E-state index < -0.39 is 0 Å². The Kier molecular flexibility index (Phi) is 4.38. The Morgan fingerprint density at radius 1 is 1.33 bits per heavy atom. The Hall–Kier alpha value is -0.780. The Morgan fingerprint density at radius 2 is 2.00 bits per heavy atom. The van der Waals surface area contributed by atoms with Crippen molar-refractivity contribution in [2.24, 2.45) is 0 Å². The number of hydrogen-bond acceptors (Lipinski definition) is 4. The first kappa shape index (κ1) is 12.3. The molecule has 0 radical (unpaired) electrons. The maximum atomic E-state index is 9.17. The van der Waals surface area contributed by atoms with Crippen LogP contribution in [0.3, 0.4) is 0 Å². The number of rotatable bonds is 4. The third-order valence-electron chi connectivity index (χ3n) is 1.97. The van der Waals surface area contributed by atoms with Crippen molar-refractivity contribution in [3.8, 4) is 11.5 Å².